The number of aryl methyl sites for hydroxylation is 1. The molecule has 6 heteroatoms. The van der Waals surface area contributed by atoms with Crippen LogP contribution in [0.5, 0.6) is 5.75 Å². The number of ether oxygens (including phenoxy) is 1. The lowest BCUT2D eigenvalue weighted by Gasteiger charge is -2.38. The van der Waals surface area contributed by atoms with Crippen molar-refractivity contribution in [3.8, 4) is 11.8 Å². The van der Waals surface area contributed by atoms with E-state index in [1.807, 2.05) is 24.3 Å². The van der Waals surface area contributed by atoms with Gasteiger partial charge in [-0.2, -0.15) is 5.26 Å². The Morgan fingerprint density at radius 1 is 1.03 bits per heavy atom. The lowest BCUT2D eigenvalue weighted by atomic mass is 9.77. The number of anilines is 1. The Morgan fingerprint density at radius 2 is 1.82 bits per heavy atom. The summed E-state index contributed by atoms with van der Waals surface area (Å²) in [7, 11) is 1.62. The molecule has 1 aliphatic heterocycles. The fourth-order valence-electron chi connectivity index (χ4n) is 5.63. The molecule has 2 aliphatic carbocycles. The number of fused-ring (bicyclic) bond motifs is 1. The van der Waals surface area contributed by atoms with Gasteiger partial charge in [0.2, 0.25) is 5.91 Å². The third-order valence-corrected chi connectivity index (χ3v) is 8.43. The van der Waals surface area contributed by atoms with Crippen molar-refractivity contribution in [1.82, 2.24) is 0 Å². The van der Waals surface area contributed by atoms with Crippen LogP contribution in [0.1, 0.15) is 78.9 Å². The van der Waals surface area contributed by atoms with E-state index in [0.717, 1.165) is 59.5 Å². The minimum absolute atomic E-state index is 0.0370. The highest BCUT2D eigenvalue weighted by molar-refractivity contribution is 7.16. The number of hydrogen-bond donors (Lipinski definition) is 0. The first kappa shape index (κ1) is 21.9. The van der Waals surface area contributed by atoms with Crippen molar-refractivity contribution < 1.29 is 14.3 Å². The van der Waals surface area contributed by atoms with Crippen molar-refractivity contribution in [2.24, 2.45) is 0 Å². The van der Waals surface area contributed by atoms with Crippen LogP contribution in [0.25, 0.3) is 0 Å². The van der Waals surface area contributed by atoms with Crippen LogP contribution in [0.3, 0.4) is 0 Å². The predicted octanol–water partition coefficient (Wildman–Crippen LogP) is 5.81. The van der Waals surface area contributed by atoms with E-state index >= 15 is 0 Å². The summed E-state index contributed by atoms with van der Waals surface area (Å²) < 4.78 is 5.58. The Bertz CT molecular complexity index is 1190. The number of allylic oxidation sites excluding steroid dienone is 2. The SMILES string of the molecule is COc1ccccc1C1CC(=O)N(c2sc3c(c2C#N)CCCCCC3)C2=C1C(=O)CCC2. The normalized spacial score (nSPS) is 21.1. The number of nitrogens with zero attached hydrogens (tertiary/aromatic N) is 2. The smallest absolute Gasteiger partial charge is 0.232 e. The number of carbonyl (C=O) groups excluding carboxylic acids is 2. The highest BCUT2D eigenvalue weighted by atomic mass is 32.1. The number of para-hydroxylation sites is 1. The molecule has 5 nitrogen and oxygen atoms in total. The zero-order valence-electron chi connectivity index (χ0n) is 19.0. The van der Waals surface area contributed by atoms with Gasteiger partial charge in [0.05, 0.1) is 12.7 Å². The summed E-state index contributed by atoms with van der Waals surface area (Å²) >= 11 is 1.59. The van der Waals surface area contributed by atoms with Crippen molar-refractivity contribution >= 4 is 28.0 Å². The van der Waals surface area contributed by atoms with E-state index in [4.69, 9.17) is 4.74 Å². The minimum Gasteiger partial charge on any atom is -0.496 e. The zero-order chi connectivity index (χ0) is 22.9. The second-order valence-corrected chi connectivity index (χ2v) is 10.2. The highest BCUT2D eigenvalue weighted by Crippen LogP contribution is 2.48. The van der Waals surface area contributed by atoms with E-state index in [0.29, 0.717) is 24.2 Å². The molecule has 1 aromatic heterocycles. The van der Waals surface area contributed by atoms with Gasteiger partial charge in [-0.3, -0.25) is 14.5 Å². The number of methoxy groups -OCH3 is 1. The molecule has 0 saturated heterocycles. The number of carbonyl (C=O) groups is 2. The van der Waals surface area contributed by atoms with Crippen LogP contribution in [0.4, 0.5) is 5.00 Å². The molecule has 1 atom stereocenters. The van der Waals surface area contributed by atoms with Gasteiger partial charge >= 0.3 is 0 Å². The van der Waals surface area contributed by atoms with Crippen molar-refractivity contribution in [2.75, 3.05) is 12.0 Å². The van der Waals surface area contributed by atoms with Gasteiger partial charge in [-0.1, -0.05) is 31.0 Å². The fraction of sp³-hybridized carbons (Fsp3) is 0.444. The summed E-state index contributed by atoms with van der Waals surface area (Å²) in [6.45, 7) is 0. The molecule has 0 fully saturated rings. The standard InChI is InChI=1S/C27H28N2O3S/c1-32-23-13-7-6-9-17(23)19-15-25(31)29(21-11-8-12-22(30)26(19)21)27-20(16-28)18-10-4-2-3-5-14-24(18)33-27/h6-7,9,13,19H,2-5,8,10-12,14-15H2,1H3. The molecule has 0 N–H and O–H groups in total. The summed E-state index contributed by atoms with van der Waals surface area (Å²) in [4.78, 5) is 29.9. The van der Waals surface area contributed by atoms with E-state index in [1.54, 1.807) is 23.3 Å². The van der Waals surface area contributed by atoms with Crippen LogP contribution in [0.15, 0.2) is 35.5 Å². The van der Waals surface area contributed by atoms with E-state index in [2.05, 4.69) is 6.07 Å². The third kappa shape index (κ3) is 3.79. The topological polar surface area (TPSA) is 70.4 Å². The number of ketones is 1. The quantitative estimate of drug-likeness (QED) is 0.579. The molecule has 0 spiro atoms. The van der Waals surface area contributed by atoms with Gasteiger partial charge < -0.3 is 4.74 Å². The van der Waals surface area contributed by atoms with Crippen molar-refractivity contribution in [3.05, 3.63) is 57.1 Å². The molecule has 1 unspecified atom stereocenters. The Morgan fingerprint density at radius 3 is 2.61 bits per heavy atom. The maximum Gasteiger partial charge on any atom is 0.232 e. The van der Waals surface area contributed by atoms with Crippen LogP contribution in [-0.4, -0.2) is 18.8 Å². The fourth-order valence-corrected chi connectivity index (χ4v) is 7.01. The van der Waals surface area contributed by atoms with Gasteiger partial charge in [0, 0.05) is 40.5 Å². The summed E-state index contributed by atoms with van der Waals surface area (Å²) in [5, 5.41) is 10.8. The second-order valence-electron chi connectivity index (χ2n) is 9.07. The number of Topliss-reactive ketones (excluding diaryl/α,β-unsaturated/α-hetero) is 1. The summed E-state index contributed by atoms with van der Waals surface area (Å²) in [5.74, 6) is 0.466. The van der Waals surface area contributed by atoms with Gasteiger partial charge in [-0.15, -0.1) is 11.3 Å². The lowest BCUT2D eigenvalue weighted by Crippen LogP contribution is -2.40. The predicted molar refractivity (Wildman–Crippen MR) is 129 cm³/mol. The first-order valence-corrected chi connectivity index (χ1v) is 12.7. The second kappa shape index (κ2) is 9.15. The molecule has 0 saturated carbocycles. The molecule has 3 aliphatic rings. The minimum atomic E-state index is -0.306. The highest BCUT2D eigenvalue weighted by Gasteiger charge is 2.42. The molecule has 1 aromatic carbocycles. The molecule has 0 radical (unpaired) electrons. The van der Waals surface area contributed by atoms with Crippen LogP contribution >= 0.6 is 11.3 Å². The molecule has 2 heterocycles. The maximum absolute atomic E-state index is 13.7. The number of hydrogen-bond acceptors (Lipinski definition) is 5. The van der Waals surface area contributed by atoms with E-state index in [9.17, 15) is 14.9 Å². The average Bonchev–Trinajstić information content (AvgIpc) is 3.14. The van der Waals surface area contributed by atoms with Crippen molar-refractivity contribution in [1.29, 1.82) is 5.26 Å². The monoisotopic (exact) mass is 460 g/mol. The van der Waals surface area contributed by atoms with E-state index < -0.39 is 0 Å². The molecule has 5 rings (SSSR count). The van der Waals surface area contributed by atoms with Crippen LogP contribution in [-0.2, 0) is 22.4 Å². The molecule has 170 valence electrons. The summed E-state index contributed by atoms with van der Waals surface area (Å²) in [6, 6.07) is 10.1. The van der Waals surface area contributed by atoms with E-state index in [-0.39, 0.29) is 24.0 Å². The number of nitriles is 1. The third-order valence-electron chi connectivity index (χ3n) is 7.16. The van der Waals surface area contributed by atoms with Gasteiger partial charge in [-0.25, -0.2) is 0 Å². The van der Waals surface area contributed by atoms with Gasteiger partial charge in [0.15, 0.2) is 5.78 Å². The molecular formula is C27H28N2O3S. The van der Waals surface area contributed by atoms with E-state index in [1.165, 1.54) is 17.7 Å². The van der Waals surface area contributed by atoms with Crippen LogP contribution in [0, 0.1) is 11.3 Å². The lowest BCUT2D eigenvalue weighted by molar-refractivity contribution is -0.119. The zero-order valence-corrected chi connectivity index (χ0v) is 19.8. The molecule has 1 amide bonds. The van der Waals surface area contributed by atoms with Crippen molar-refractivity contribution in [3.63, 3.8) is 0 Å². The number of benzene rings is 1. The van der Waals surface area contributed by atoms with Gasteiger partial charge in [-0.05, 0) is 50.2 Å². The van der Waals surface area contributed by atoms with Gasteiger partial charge in [0.25, 0.3) is 0 Å². The number of amides is 1. The van der Waals surface area contributed by atoms with Gasteiger partial charge in [0.1, 0.15) is 16.8 Å². The molecule has 0 bridgehead atoms. The first-order valence-electron chi connectivity index (χ1n) is 11.9. The number of rotatable bonds is 3. The molecule has 2 aromatic rings. The Labute approximate surface area is 198 Å². The van der Waals surface area contributed by atoms with Crippen molar-refractivity contribution in [2.45, 2.75) is 70.1 Å². The summed E-state index contributed by atoms with van der Waals surface area (Å²) in [5.41, 5.74) is 4.18. The first-order chi connectivity index (χ1) is 16.1. The Hall–Kier alpha value is -2.91. The Kier molecular flexibility index (Phi) is 6.07. The van der Waals surface area contributed by atoms with Crippen LogP contribution < -0.4 is 9.64 Å². The molecular weight excluding hydrogens is 432 g/mol. The Balaban J connectivity index is 1.67. The molecule has 33 heavy (non-hydrogen) atoms. The maximum atomic E-state index is 13.7. The average molecular weight is 461 g/mol. The summed E-state index contributed by atoms with van der Waals surface area (Å²) in [6.07, 6.45) is 8.55. The number of thiophene rings is 1. The van der Waals surface area contributed by atoms with Crippen LogP contribution in [0.2, 0.25) is 0 Å². The largest absolute Gasteiger partial charge is 0.496 e.